The maximum Gasteiger partial charge on any atom is 0.251 e. The van der Waals surface area contributed by atoms with Crippen LogP contribution in [0.2, 0.25) is 0 Å². The summed E-state index contributed by atoms with van der Waals surface area (Å²) in [5.74, 6) is 1.35. The molecular formula is C22H23N3O4. The minimum atomic E-state index is -0.226. The molecule has 1 N–H and O–H groups in total. The monoisotopic (exact) mass is 393 g/mol. The zero-order chi connectivity index (χ0) is 20.5. The SMILES string of the molecule is CCOc1cc(C(=O)NCc2cccnc2OC)ccc1OCc1cccnc1. The third-order valence-electron chi connectivity index (χ3n) is 4.11. The Morgan fingerprint density at radius 3 is 2.69 bits per heavy atom. The van der Waals surface area contributed by atoms with Gasteiger partial charge in [0, 0.05) is 41.8 Å². The fourth-order valence-corrected chi connectivity index (χ4v) is 2.70. The number of rotatable bonds is 9. The van der Waals surface area contributed by atoms with Crippen molar-refractivity contribution < 1.29 is 19.0 Å². The van der Waals surface area contributed by atoms with E-state index in [1.807, 2.05) is 25.1 Å². The Morgan fingerprint density at radius 1 is 1.07 bits per heavy atom. The molecule has 0 bridgehead atoms. The maximum absolute atomic E-state index is 12.6. The molecule has 3 rings (SSSR count). The van der Waals surface area contributed by atoms with Gasteiger partial charge in [-0.3, -0.25) is 9.78 Å². The minimum absolute atomic E-state index is 0.226. The highest BCUT2D eigenvalue weighted by Crippen LogP contribution is 2.29. The molecule has 1 aromatic carbocycles. The third-order valence-corrected chi connectivity index (χ3v) is 4.11. The van der Waals surface area contributed by atoms with Crippen LogP contribution in [0.4, 0.5) is 0 Å². The first-order valence-corrected chi connectivity index (χ1v) is 9.26. The summed E-state index contributed by atoms with van der Waals surface area (Å²) >= 11 is 0. The molecule has 0 saturated carbocycles. The molecule has 0 aliphatic carbocycles. The normalized spacial score (nSPS) is 10.3. The number of methoxy groups -OCH3 is 1. The third kappa shape index (κ3) is 5.44. The van der Waals surface area contributed by atoms with Crippen LogP contribution in [0, 0.1) is 0 Å². The fraction of sp³-hybridized carbons (Fsp3) is 0.227. The number of nitrogens with zero attached hydrogens (tertiary/aromatic N) is 2. The van der Waals surface area contributed by atoms with E-state index in [0.717, 1.165) is 11.1 Å². The van der Waals surface area contributed by atoms with Gasteiger partial charge in [-0.1, -0.05) is 12.1 Å². The van der Waals surface area contributed by atoms with Gasteiger partial charge in [0.15, 0.2) is 11.5 Å². The number of hydrogen-bond acceptors (Lipinski definition) is 6. The first-order chi connectivity index (χ1) is 14.2. The first-order valence-electron chi connectivity index (χ1n) is 9.26. The van der Waals surface area contributed by atoms with E-state index in [1.54, 1.807) is 50.0 Å². The summed E-state index contributed by atoms with van der Waals surface area (Å²) in [7, 11) is 1.55. The van der Waals surface area contributed by atoms with Gasteiger partial charge >= 0.3 is 0 Å². The number of pyridine rings is 2. The molecule has 2 heterocycles. The summed E-state index contributed by atoms with van der Waals surface area (Å²) in [5, 5.41) is 2.87. The molecule has 0 saturated heterocycles. The lowest BCUT2D eigenvalue weighted by molar-refractivity contribution is 0.0950. The van der Waals surface area contributed by atoms with Gasteiger partial charge in [0.05, 0.1) is 13.7 Å². The lowest BCUT2D eigenvalue weighted by Gasteiger charge is -2.14. The summed E-state index contributed by atoms with van der Waals surface area (Å²) in [6.07, 6.45) is 5.10. The Hall–Kier alpha value is -3.61. The highest BCUT2D eigenvalue weighted by molar-refractivity contribution is 5.94. The number of ether oxygens (including phenoxy) is 3. The minimum Gasteiger partial charge on any atom is -0.490 e. The van der Waals surface area contributed by atoms with Crippen LogP contribution in [-0.2, 0) is 13.2 Å². The van der Waals surface area contributed by atoms with Crippen LogP contribution in [0.3, 0.4) is 0 Å². The zero-order valence-corrected chi connectivity index (χ0v) is 16.4. The summed E-state index contributed by atoms with van der Waals surface area (Å²) in [4.78, 5) is 20.8. The Bertz CT molecular complexity index is 948. The second-order valence-electron chi connectivity index (χ2n) is 6.10. The Labute approximate surface area is 169 Å². The van der Waals surface area contributed by atoms with Crippen LogP contribution in [0.5, 0.6) is 17.4 Å². The molecule has 0 spiro atoms. The highest BCUT2D eigenvalue weighted by atomic mass is 16.5. The largest absolute Gasteiger partial charge is 0.490 e. The molecule has 29 heavy (non-hydrogen) atoms. The van der Waals surface area contributed by atoms with Crippen LogP contribution < -0.4 is 19.5 Å². The summed E-state index contributed by atoms with van der Waals surface area (Å²) in [6, 6.07) is 12.6. The van der Waals surface area contributed by atoms with Crippen LogP contribution in [0.15, 0.2) is 61.1 Å². The van der Waals surface area contributed by atoms with Gasteiger partial charge in [0.25, 0.3) is 5.91 Å². The maximum atomic E-state index is 12.6. The van der Waals surface area contributed by atoms with Gasteiger partial charge in [0.2, 0.25) is 5.88 Å². The molecule has 3 aromatic rings. The molecule has 0 fully saturated rings. The van der Waals surface area contributed by atoms with Crippen LogP contribution in [-0.4, -0.2) is 29.6 Å². The van der Waals surface area contributed by atoms with Crippen molar-refractivity contribution in [2.24, 2.45) is 0 Å². The van der Waals surface area contributed by atoms with Gasteiger partial charge < -0.3 is 19.5 Å². The van der Waals surface area contributed by atoms with Crippen molar-refractivity contribution in [3.8, 4) is 17.4 Å². The molecule has 7 heteroatoms. The van der Waals surface area contributed by atoms with E-state index < -0.39 is 0 Å². The Balaban J connectivity index is 1.68. The molecule has 0 aliphatic heterocycles. The second kappa shape index (κ2) is 10.1. The van der Waals surface area contributed by atoms with Crippen LogP contribution >= 0.6 is 0 Å². The first kappa shape index (κ1) is 20.1. The number of carbonyl (C=O) groups excluding carboxylic acids is 1. The number of hydrogen-bond donors (Lipinski definition) is 1. The van der Waals surface area contributed by atoms with E-state index >= 15 is 0 Å². The molecule has 0 atom stereocenters. The van der Waals surface area contributed by atoms with Crippen molar-refractivity contribution >= 4 is 5.91 Å². The van der Waals surface area contributed by atoms with E-state index in [2.05, 4.69) is 15.3 Å². The molecule has 0 unspecified atom stereocenters. The lowest BCUT2D eigenvalue weighted by Crippen LogP contribution is -2.23. The molecular weight excluding hydrogens is 370 g/mol. The molecule has 7 nitrogen and oxygen atoms in total. The summed E-state index contributed by atoms with van der Waals surface area (Å²) < 4.78 is 16.7. The van der Waals surface area contributed by atoms with E-state index in [-0.39, 0.29) is 5.91 Å². The standard InChI is InChI=1S/C22H23N3O4/c1-3-28-20-12-17(8-9-19(20)29-15-16-6-4-10-23-13-16)21(26)25-14-18-7-5-11-24-22(18)27-2/h4-13H,3,14-15H2,1-2H3,(H,25,26). The number of benzene rings is 1. The van der Waals surface area contributed by atoms with Crippen molar-refractivity contribution in [2.45, 2.75) is 20.1 Å². The van der Waals surface area contributed by atoms with Gasteiger partial charge in [-0.05, 0) is 37.3 Å². The highest BCUT2D eigenvalue weighted by Gasteiger charge is 2.13. The summed E-state index contributed by atoms with van der Waals surface area (Å²) in [5.41, 5.74) is 2.22. The Kier molecular flexibility index (Phi) is 7.00. The van der Waals surface area contributed by atoms with E-state index in [4.69, 9.17) is 14.2 Å². The molecule has 1 amide bonds. The van der Waals surface area contributed by atoms with Crippen molar-refractivity contribution in [2.75, 3.05) is 13.7 Å². The fourth-order valence-electron chi connectivity index (χ4n) is 2.70. The average Bonchev–Trinajstić information content (AvgIpc) is 2.77. The number of nitrogens with one attached hydrogen (secondary N) is 1. The predicted molar refractivity (Wildman–Crippen MR) is 108 cm³/mol. The van der Waals surface area contributed by atoms with Crippen molar-refractivity contribution in [3.05, 3.63) is 77.7 Å². The zero-order valence-electron chi connectivity index (χ0n) is 16.4. The second-order valence-corrected chi connectivity index (χ2v) is 6.10. The van der Waals surface area contributed by atoms with E-state index in [1.165, 1.54) is 0 Å². The van der Waals surface area contributed by atoms with Gasteiger partial charge in [-0.25, -0.2) is 4.98 Å². The molecule has 0 aliphatic rings. The van der Waals surface area contributed by atoms with E-state index in [0.29, 0.717) is 42.7 Å². The Morgan fingerprint density at radius 2 is 1.93 bits per heavy atom. The lowest BCUT2D eigenvalue weighted by atomic mass is 10.1. The van der Waals surface area contributed by atoms with Gasteiger partial charge in [-0.15, -0.1) is 0 Å². The van der Waals surface area contributed by atoms with Crippen LogP contribution in [0.1, 0.15) is 28.4 Å². The quantitative estimate of drug-likeness (QED) is 0.600. The molecule has 2 aromatic heterocycles. The van der Waals surface area contributed by atoms with Gasteiger partial charge in [0.1, 0.15) is 6.61 Å². The van der Waals surface area contributed by atoms with Crippen molar-refractivity contribution in [1.82, 2.24) is 15.3 Å². The van der Waals surface area contributed by atoms with Crippen molar-refractivity contribution in [3.63, 3.8) is 0 Å². The van der Waals surface area contributed by atoms with Crippen LogP contribution in [0.25, 0.3) is 0 Å². The average molecular weight is 393 g/mol. The number of aromatic nitrogens is 2. The number of carbonyl (C=O) groups is 1. The van der Waals surface area contributed by atoms with E-state index in [9.17, 15) is 4.79 Å². The molecule has 150 valence electrons. The van der Waals surface area contributed by atoms with Gasteiger partial charge in [-0.2, -0.15) is 0 Å². The smallest absolute Gasteiger partial charge is 0.251 e. The number of amides is 1. The topological polar surface area (TPSA) is 82.6 Å². The molecule has 0 radical (unpaired) electrons. The predicted octanol–water partition coefficient (Wildman–Crippen LogP) is 3.39. The van der Waals surface area contributed by atoms with Crippen molar-refractivity contribution in [1.29, 1.82) is 0 Å². The summed E-state index contributed by atoms with van der Waals surface area (Å²) in [6.45, 7) is 3.01.